The Kier molecular flexibility index (Phi) is 4.24. The number of para-hydroxylation sites is 1. The molecular weight excluding hydrogens is 250 g/mol. The molecular formula is C13H19NO3S. The second-order valence-corrected chi connectivity index (χ2v) is 6.76. The first-order valence-corrected chi connectivity index (χ1v) is 7.92. The van der Waals surface area contributed by atoms with E-state index in [1.807, 2.05) is 12.1 Å². The molecule has 0 radical (unpaired) electrons. The van der Waals surface area contributed by atoms with Crippen LogP contribution >= 0.6 is 0 Å². The van der Waals surface area contributed by atoms with Crippen LogP contribution in [0.2, 0.25) is 0 Å². The van der Waals surface area contributed by atoms with E-state index in [9.17, 15) is 8.42 Å². The standard InChI is InChI=1S/C13H19NO3S/c1-2-18(15,16)13-6-4-3-5-12(13)14-9-11-7-8-17-10-11/h3-6,11,14H,2,7-10H2,1H3. The molecule has 1 aliphatic heterocycles. The highest BCUT2D eigenvalue weighted by Gasteiger charge is 2.18. The van der Waals surface area contributed by atoms with E-state index in [2.05, 4.69) is 5.32 Å². The first-order chi connectivity index (χ1) is 8.63. The van der Waals surface area contributed by atoms with E-state index in [1.54, 1.807) is 19.1 Å². The molecule has 2 rings (SSSR count). The van der Waals surface area contributed by atoms with E-state index in [-0.39, 0.29) is 5.75 Å². The van der Waals surface area contributed by atoms with E-state index in [0.29, 0.717) is 16.5 Å². The molecule has 1 aromatic rings. The number of rotatable bonds is 5. The fraction of sp³-hybridized carbons (Fsp3) is 0.538. The monoisotopic (exact) mass is 269 g/mol. The zero-order valence-electron chi connectivity index (χ0n) is 10.6. The first kappa shape index (κ1) is 13.4. The summed E-state index contributed by atoms with van der Waals surface area (Å²) in [6.07, 6.45) is 1.04. The van der Waals surface area contributed by atoms with Crippen molar-refractivity contribution >= 4 is 15.5 Å². The molecule has 0 aliphatic carbocycles. The average molecular weight is 269 g/mol. The van der Waals surface area contributed by atoms with Crippen molar-refractivity contribution in [1.29, 1.82) is 0 Å². The van der Waals surface area contributed by atoms with Crippen LogP contribution in [0.4, 0.5) is 5.69 Å². The Morgan fingerprint density at radius 3 is 2.83 bits per heavy atom. The molecule has 0 amide bonds. The summed E-state index contributed by atoms with van der Waals surface area (Å²) in [7, 11) is -3.17. The predicted molar refractivity (Wildman–Crippen MR) is 71.6 cm³/mol. The zero-order chi connectivity index (χ0) is 13.0. The molecule has 1 atom stereocenters. The molecule has 4 nitrogen and oxygen atoms in total. The van der Waals surface area contributed by atoms with Crippen LogP contribution in [-0.4, -0.2) is 33.9 Å². The smallest absolute Gasteiger partial charge is 0.180 e. The summed E-state index contributed by atoms with van der Waals surface area (Å²) in [6, 6.07) is 7.08. The fourth-order valence-corrected chi connectivity index (χ4v) is 3.11. The summed E-state index contributed by atoms with van der Waals surface area (Å²) >= 11 is 0. The van der Waals surface area contributed by atoms with E-state index in [1.165, 1.54) is 0 Å². The Labute approximate surface area is 108 Å². The summed E-state index contributed by atoms with van der Waals surface area (Å²) in [4.78, 5) is 0.395. The number of benzene rings is 1. The maximum Gasteiger partial charge on any atom is 0.180 e. The SMILES string of the molecule is CCS(=O)(=O)c1ccccc1NCC1CCOC1. The van der Waals surface area contributed by atoms with Crippen LogP contribution in [0.5, 0.6) is 0 Å². The zero-order valence-corrected chi connectivity index (χ0v) is 11.4. The van der Waals surface area contributed by atoms with Gasteiger partial charge in [-0.15, -0.1) is 0 Å². The van der Waals surface area contributed by atoms with Crippen molar-refractivity contribution in [2.24, 2.45) is 5.92 Å². The molecule has 1 heterocycles. The Morgan fingerprint density at radius 1 is 1.39 bits per heavy atom. The third-order valence-corrected chi connectivity index (χ3v) is 4.99. The number of nitrogens with one attached hydrogen (secondary N) is 1. The fourth-order valence-electron chi connectivity index (χ4n) is 2.04. The van der Waals surface area contributed by atoms with Gasteiger partial charge < -0.3 is 10.1 Å². The van der Waals surface area contributed by atoms with Crippen molar-refractivity contribution in [1.82, 2.24) is 0 Å². The molecule has 0 bridgehead atoms. The van der Waals surface area contributed by atoms with E-state index in [0.717, 1.165) is 26.2 Å². The van der Waals surface area contributed by atoms with Gasteiger partial charge in [0, 0.05) is 19.1 Å². The van der Waals surface area contributed by atoms with Gasteiger partial charge in [0.05, 0.1) is 22.9 Å². The lowest BCUT2D eigenvalue weighted by atomic mass is 10.1. The van der Waals surface area contributed by atoms with Gasteiger partial charge in [-0.1, -0.05) is 19.1 Å². The van der Waals surface area contributed by atoms with Gasteiger partial charge in [-0.2, -0.15) is 0 Å². The van der Waals surface area contributed by atoms with Crippen molar-refractivity contribution in [2.75, 3.05) is 30.8 Å². The number of hydrogen-bond donors (Lipinski definition) is 1. The van der Waals surface area contributed by atoms with Gasteiger partial charge in [0.1, 0.15) is 0 Å². The first-order valence-electron chi connectivity index (χ1n) is 6.27. The topological polar surface area (TPSA) is 55.4 Å². The Bertz CT molecular complexity index is 493. The Morgan fingerprint density at radius 2 is 2.17 bits per heavy atom. The van der Waals surface area contributed by atoms with Crippen molar-refractivity contribution in [3.05, 3.63) is 24.3 Å². The molecule has 100 valence electrons. The number of sulfone groups is 1. The summed E-state index contributed by atoms with van der Waals surface area (Å²) in [5, 5.41) is 3.24. The maximum absolute atomic E-state index is 12.0. The molecule has 1 aliphatic rings. The molecule has 5 heteroatoms. The average Bonchev–Trinajstić information content (AvgIpc) is 2.90. The Balaban J connectivity index is 2.12. The van der Waals surface area contributed by atoms with E-state index in [4.69, 9.17) is 4.74 Å². The lowest BCUT2D eigenvalue weighted by molar-refractivity contribution is 0.187. The van der Waals surface area contributed by atoms with Crippen LogP contribution in [0.3, 0.4) is 0 Å². The third kappa shape index (κ3) is 3.03. The van der Waals surface area contributed by atoms with Gasteiger partial charge in [0.15, 0.2) is 9.84 Å². The van der Waals surface area contributed by atoms with Crippen molar-refractivity contribution in [3.63, 3.8) is 0 Å². The minimum Gasteiger partial charge on any atom is -0.384 e. The van der Waals surface area contributed by atoms with Crippen LogP contribution < -0.4 is 5.32 Å². The molecule has 1 N–H and O–H groups in total. The summed E-state index contributed by atoms with van der Waals surface area (Å²) in [6.45, 7) is 3.99. The van der Waals surface area contributed by atoms with Crippen LogP contribution in [0.25, 0.3) is 0 Å². The summed E-state index contributed by atoms with van der Waals surface area (Å²) in [5.41, 5.74) is 0.700. The lowest BCUT2D eigenvalue weighted by Crippen LogP contribution is -2.16. The lowest BCUT2D eigenvalue weighted by Gasteiger charge is -2.14. The molecule has 1 aromatic carbocycles. The van der Waals surface area contributed by atoms with Gasteiger partial charge in [-0.3, -0.25) is 0 Å². The minimum absolute atomic E-state index is 0.123. The van der Waals surface area contributed by atoms with E-state index < -0.39 is 9.84 Å². The van der Waals surface area contributed by atoms with Crippen molar-refractivity contribution in [2.45, 2.75) is 18.2 Å². The van der Waals surface area contributed by atoms with Crippen LogP contribution in [0.1, 0.15) is 13.3 Å². The molecule has 1 saturated heterocycles. The predicted octanol–water partition coefficient (Wildman–Crippen LogP) is 1.93. The quantitative estimate of drug-likeness (QED) is 0.887. The van der Waals surface area contributed by atoms with Gasteiger partial charge in [0.25, 0.3) is 0 Å². The largest absolute Gasteiger partial charge is 0.384 e. The van der Waals surface area contributed by atoms with Gasteiger partial charge in [0.2, 0.25) is 0 Å². The highest BCUT2D eigenvalue weighted by Crippen LogP contribution is 2.23. The summed E-state index contributed by atoms with van der Waals surface area (Å²) < 4.78 is 29.2. The second-order valence-electron chi connectivity index (χ2n) is 4.51. The van der Waals surface area contributed by atoms with Crippen LogP contribution in [0.15, 0.2) is 29.2 Å². The van der Waals surface area contributed by atoms with Crippen LogP contribution in [-0.2, 0) is 14.6 Å². The highest BCUT2D eigenvalue weighted by atomic mass is 32.2. The Hall–Kier alpha value is -1.07. The number of hydrogen-bond acceptors (Lipinski definition) is 4. The van der Waals surface area contributed by atoms with Gasteiger partial charge in [-0.25, -0.2) is 8.42 Å². The highest BCUT2D eigenvalue weighted by molar-refractivity contribution is 7.91. The molecule has 0 aromatic heterocycles. The molecule has 1 unspecified atom stereocenters. The maximum atomic E-state index is 12.0. The molecule has 0 saturated carbocycles. The number of anilines is 1. The van der Waals surface area contributed by atoms with Crippen molar-refractivity contribution in [3.8, 4) is 0 Å². The molecule has 1 fully saturated rings. The van der Waals surface area contributed by atoms with E-state index >= 15 is 0 Å². The normalized spacial score (nSPS) is 19.9. The number of ether oxygens (including phenoxy) is 1. The molecule has 18 heavy (non-hydrogen) atoms. The van der Waals surface area contributed by atoms with Crippen LogP contribution in [0, 0.1) is 5.92 Å². The summed E-state index contributed by atoms with van der Waals surface area (Å²) in [5.74, 6) is 0.598. The third-order valence-electron chi connectivity index (χ3n) is 3.21. The second kappa shape index (κ2) is 5.71. The van der Waals surface area contributed by atoms with Crippen molar-refractivity contribution < 1.29 is 13.2 Å². The van der Waals surface area contributed by atoms with Gasteiger partial charge >= 0.3 is 0 Å². The van der Waals surface area contributed by atoms with Gasteiger partial charge in [-0.05, 0) is 18.6 Å². The minimum atomic E-state index is -3.17. The molecule has 0 spiro atoms.